The van der Waals surface area contributed by atoms with Gasteiger partial charge in [0.25, 0.3) is 0 Å². The molecule has 4 heteroatoms. The van der Waals surface area contributed by atoms with Gasteiger partial charge in [-0.1, -0.05) is 18.6 Å². The lowest BCUT2D eigenvalue weighted by Gasteiger charge is -2.24. The molecule has 2 amide bonds. The van der Waals surface area contributed by atoms with Gasteiger partial charge in [-0.15, -0.1) is 0 Å². The molecule has 0 radical (unpaired) electrons. The van der Waals surface area contributed by atoms with Gasteiger partial charge in [-0.2, -0.15) is 0 Å². The summed E-state index contributed by atoms with van der Waals surface area (Å²) in [6.45, 7) is 1.09. The fraction of sp³-hybridized carbons (Fsp3) is 0.462. The van der Waals surface area contributed by atoms with Gasteiger partial charge in [-0.3, -0.25) is 4.90 Å². The number of nitrogens with zero attached hydrogens (tertiary/aromatic N) is 1. The Morgan fingerprint density at radius 1 is 1.35 bits per heavy atom. The van der Waals surface area contributed by atoms with Crippen molar-refractivity contribution < 1.29 is 4.79 Å². The number of nitrogens with one attached hydrogen (secondary N) is 1. The highest BCUT2D eigenvalue weighted by Gasteiger charge is 2.14. The Labute approximate surface area is 102 Å². The van der Waals surface area contributed by atoms with Crippen LogP contribution in [0.5, 0.6) is 0 Å². The Morgan fingerprint density at radius 3 is 2.59 bits per heavy atom. The fourth-order valence-electron chi connectivity index (χ4n) is 2.19. The van der Waals surface area contributed by atoms with E-state index in [0.717, 1.165) is 12.2 Å². The topological polar surface area (TPSA) is 58.4 Å². The standard InChI is InChI=1S/C13H19N3O/c1-16(13(14)17)11-7-5-10(6-8-11)12-4-2-3-9-15-12/h5-8,12,15H,2-4,9H2,1H3,(H2,14,17). The van der Waals surface area contributed by atoms with Crippen molar-refractivity contribution >= 4 is 11.7 Å². The molecular weight excluding hydrogens is 214 g/mol. The number of primary amides is 1. The second kappa shape index (κ2) is 5.19. The van der Waals surface area contributed by atoms with E-state index in [2.05, 4.69) is 17.4 Å². The fourth-order valence-corrected chi connectivity index (χ4v) is 2.19. The summed E-state index contributed by atoms with van der Waals surface area (Å²) in [5, 5.41) is 3.50. The Hall–Kier alpha value is -1.55. The van der Waals surface area contributed by atoms with Crippen LogP contribution < -0.4 is 16.0 Å². The highest BCUT2D eigenvalue weighted by atomic mass is 16.2. The van der Waals surface area contributed by atoms with Crippen LogP contribution in [0, 0.1) is 0 Å². The molecule has 2 rings (SSSR count). The molecule has 1 unspecified atom stereocenters. The van der Waals surface area contributed by atoms with Gasteiger partial charge in [0.1, 0.15) is 0 Å². The molecule has 1 aliphatic rings. The molecule has 1 saturated heterocycles. The molecule has 0 bridgehead atoms. The van der Waals surface area contributed by atoms with E-state index in [9.17, 15) is 4.79 Å². The number of piperidine rings is 1. The van der Waals surface area contributed by atoms with Crippen molar-refractivity contribution in [2.45, 2.75) is 25.3 Å². The molecule has 92 valence electrons. The van der Waals surface area contributed by atoms with Crippen molar-refractivity contribution in [3.05, 3.63) is 29.8 Å². The molecule has 0 saturated carbocycles. The van der Waals surface area contributed by atoms with E-state index < -0.39 is 6.03 Å². The van der Waals surface area contributed by atoms with Crippen LogP contribution in [-0.2, 0) is 0 Å². The summed E-state index contributed by atoms with van der Waals surface area (Å²) < 4.78 is 0. The Balaban J connectivity index is 2.09. The summed E-state index contributed by atoms with van der Waals surface area (Å²) in [5.74, 6) is 0. The van der Waals surface area contributed by atoms with Gasteiger partial charge < -0.3 is 11.1 Å². The van der Waals surface area contributed by atoms with Gasteiger partial charge in [0, 0.05) is 18.8 Å². The van der Waals surface area contributed by atoms with E-state index in [1.807, 2.05) is 12.1 Å². The van der Waals surface area contributed by atoms with Crippen molar-refractivity contribution in [2.75, 3.05) is 18.5 Å². The second-order valence-corrected chi connectivity index (χ2v) is 4.49. The van der Waals surface area contributed by atoms with Crippen LogP contribution >= 0.6 is 0 Å². The van der Waals surface area contributed by atoms with Gasteiger partial charge in [0.15, 0.2) is 0 Å². The molecule has 0 spiro atoms. The predicted molar refractivity (Wildman–Crippen MR) is 69.0 cm³/mol. The number of hydrogen-bond donors (Lipinski definition) is 2. The second-order valence-electron chi connectivity index (χ2n) is 4.49. The van der Waals surface area contributed by atoms with Crippen LogP contribution in [-0.4, -0.2) is 19.6 Å². The minimum Gasteiger partial charge on any atom is -0.351 e. The van der Waals surface area contributed by atoms with Crippen LogP contribution in [0.2, 0.25) is 0 Å². The van der Waals surface area contributed by atoms with Crippen LogP contribution in [0.15, 0.2) is 24.3 Å². The molecule has 0 aliphatic carbocycles. The maximum Gasteiger partial charge on any atom is 0.318 e. The molecule has 1 aromatic carbocycles. The Kier molecular flexibility index (Phi) is 3.64. The van der Waals surface area contributed by atoms with Crippen molar-refractivity contribution in [1.29, 1.82) is 0 Å². The number of amides is 2. The zero-order valence-corrected chi connectivity index (χ0v) is 10.1. The van der Waals surface area contributed by atoms with E-state index in [4.69, 9.17) is 5.73 Å². The van der Waals surface area contributed by atoms with Crippen LogP contribution in [0.25, 0.3) is 0 Å². The highest BCUT2D eigenvalue weighted by Crippen LogP contribution is 2.24. The van der Waals surface area contributed by atoms with Crippen molar-refractivity contribution in [2.24, 2.45) is 5.73 Å². The molecule has 1 aliphatic heterocycles. The van der Waals surface area contributed by atoms with Crippen molar-refractivity contribution in [3.8, 4) is 0 Å². The van der Waals surface area contributed by atoms with E-state index in [1.54, 1.807) is 7.05 Å². The first-order chi connectivity index (χ1) is 8.18. The molecule has 1 fully saturated rings. The van der Waals surface area contributed by atoms with E-state index in [1.165, 1.54) is 29.7 Å². The van der Waals surface area contributed by atoms with E-state index in [0.29, 0.717) is 6.04 Å². The van der Waals surface area contributed by atoms with Gasteiger partial charge in [0.05, 0.1) is 0 Å². The maximum atomic E-state index is 11.0. The average molecular weight is 233 g/mol. The number of carbonyl (C=O) groups excluding carboxylic acids is 1. The van der Waals surface area contributed by atoms with E-state index >= 15 is 0 Å². The van der Waals surface area contributed by atoms with Gasteiger partial charge >= 0.3 is 6.03 Å². The average Bonchev–Trinajstić information content (AvgIpc) is 2.39. The van der Waals surface area contributed by atoms with Gasteiger partial charge in [0.2, 0.25) is 0 Å². The number of urea groups is 1. The molecule has 17 heavy (non-hydrogen) atoms. The number of hydrogen-bond acceptors (Lipinski definition) is 2. The number of rotatable bonds is 2. The Bertz CT molecular complexity index is 382. The first kappa shape index (κ1) is 11.9. The molecule has 1 atom stereocenters. The first-order valence-corrected chi connectivity index (χ1v) is 6.05. The zero-order chi connectivity index (χ0) is 12.3. The monoisotopic (exact) mass is 233 g/mol. The smallest absolute Gasteiger partial charge is 0.318 e. The first-order valence-electron chi connectivity index (χ1n) is 6.05. The molecule has 1 aromatic rings. The van der Waals surface area contributed by atoms with Gasteiger partial charge in [-0.05, 0) is 37.1 Å². The third-order valence-corrected chi connectivity index (χ3v) is 3.32. The maximum absolute atomic E-state index is 11.0. The number of carbonyl (C=O) groups is 1. The SMILES string of the molecule is CN(C(N)=O)c1ccc(C2CCCCN2)cc1. The summed E-state index contributed by atoms with van der Waals surface area (Å²) in [6.07, 6.45) is 3.73. The third kappa shape index (κ3) is 2.77. The predicted octanol–water partition coefficient (Wildman–Crippen LogP) is 2.02. The lowest BCUT2D eigenvalue weighted by Crippen LogP contribution is -2.31. The van der Waals surface area contributed by atoms with Gasteiger partial charge in [-0.25, -0.2) is 4.79 Å². The number of benzene rings is 1. The minimum atomic E-state index is -0.437. The largest absolute Gasteiger partial charge is 0.351 e. The summed E-state index contributed by atoms with van der Waals surface area (Å²) >= 11 is 0. The molecule has 0 aromatic heterocycles. The lowest BCUT2D eigenvalue weighted by atomic mass is 9.97. The van der Waals surface area contributed by atoms with E-state index in [-0.39, 0.29) is 0 Å². The van der Waals surface area contributed by atoms with Crippen LogP contribution in [0.3, 0.4) is 0 Å². The number of anilines is 1. The molecule has 3 N–H and O–H groups in total. The normalized spacial score (nSPS) is 19.9. The molecule has 1 heterocycles. The third-order valence-electron chi connectivity index (χ3n) is 3.32. The minimum absolute atomic E-state index is 0.437. The summed E-state index contributed by atoms with van der Waals surface area (Å²) in [6, 6.07) is 8.03. The van der Waals surface area contributed by atoms with Crippen LogP contribution in [0.4, 0.5) is 10.5 Å². The summed E-state index contributed by atoms with van der Waals surface area (Å²) in [7, 11) is 1.68. The summed E-state index contributed by atoms with van der Waals surface area (Å²) in [5.41, 5.74) is 7.34. The molecule has 4 nitrogen and oxygen atoms in total. The summed E-state index contributed by atoms with van der Waals surface area (Å²) in [4.78, 5) is 12.5. The van der Waals surface area contributed by atoms with Crippen molar-refractivity contribution in [3.63, 3.8) is 0 Å². The van der Waals surface area contributed by atoms with Crippen LogP contribution in [0.1, 0.15) is 30.9 Å². The molecular formula is C13H19N3O. The zero-order valence-electron chi connectivity index (χ0n) is 10.1. The number of nitrogens with two attached hydrogens (primary N) is 1. The Morgan fingerprint density at radius 2 is 2.06 bits per heavy atom. The quantitative estimate of drug-likeness (QED) is 0.821. The lowest BCUT2D eigenvalue weighted by molar-refractivity contribution is 0.255. The van der Waals surface area contributed by atoms with Crippen molar-refractivity contribution in [1.82, 2.24) is 5.32 Å². The highest BCUT2D eigenvalue weighted by molar-refractivity contribution is 5.89.